The highest BCUT2D eigenvalue weighted by molar-refractivity contribution is 7.93. The number of carbonyl (C=O) groups excluding carboxylic acids is 1. The second-order valence-electron chi connectivity index (χ2n) is 9.24. The standard InChI is InChI=1S/C21H27FN4O4S2/c1-20(2)8-7-12-16(11-5-4-6-14(11)24-17(12)20)25-19(28)26-32(23,30)18-13(22)9-15(31-18)21(3,29)10-27/h9,27,29H,4-8,10H2,1-3H3,(H3,23,24,25,26,28,30). The van der Waals surface area contributed by atoms with Gasteiger partial charge in [0.05, 0.1) is 18.0 Å². The zero-order valence-electron chi connectivity index (χ0n) is 18.2. The van der Waals surface area contributed by atoms with E-state index in [1.54, 1.807) is 0 Å². The summed E-state index contributed by atoms with van der Waals surface area (Å²) in [5.41, 5.74) is 2.68. The predicted molar refractivity (Wildman–Crippen MR) is 121 cm³/mol. The lowest BCUT2D eigenvalue weighted by Crippen LogP contribution is -2.24. The number of rotatable bonds is 4. The van der Waals surface area contributed by atoms with Gasteiger partial charge in [-0.1, -0.05) is 13.8 Å². The molecule has 2 atom stereocenters. The van der Waals surface area contributed by atoms with Crippen molar-refractivity contribution in [3.05, 3.63) is 39.3 Å². The maximum atomic E-state index is 14.5. The first-order valence-corrected chi connectivity index (χ1v) is 12.8. The Morgan fingerprint density at radius 1 is 1.41 bits per heavy atom. The van der Waals surface area contributed by atoms with Gasteiger partial charge in [-0.3, -0.25) is 4.98 Å². The maximum Gasteiger partial charge on any atom is 0.354 e. The van der Waals surface area contributed by atoms with E-state index in [1.807, 2.05) is 0 Å². The van der Waals surface area contributed by atoms with E-state index in [0.29, 0.717) is 17.0 Å². The molecular weight excluding hydrogens is 455 g/mol. The van der Waals surface area contributed by atoms with Gasteiger partial charge >= 0.3 is 6.03 Å². The topological polar surface area (TPSA) is 138 Å². The van der Waals surface area contributed by atoms with Crippen molar-refractivity contribution in [3.63, 3.8) is 0 Å². The van der Waals surface area contributed by atoms with Gasteiger partial charge in [0.25, 0.3) is 0 Å². The predicted octanol–water partition coefficient (Wildman–Crippen LogP) is 3.13. The third-order valence-electron chi connectivity index (χ3n) is 6.18. The van der Waals surface area contributed by atoms with E-state index < -0.39 is 38.2 Å². The van der Waals surface area contributed by atoms with E-state index in [0.717, 1.165) is 60.7 Å². The van der Waals surface area contributed by atoms with Crippen LogP contribution >= 0.6 is 11.3 Å². The number of amides is 2. The summed E-state index contributed by atoms with van der Waals surface area (Å²) in [7, 11) is -3.91. The van der Waals surface area contributed by atoms with Crippen LogP contribution in [0.1, 0.15) is 61.0 Å². The van der Waals surface area contributed by atoms with Gasteiger partial charge in [-0.25, -0.2) is 18.5 Å². The van der Waals surface area contributed by atoms with E-state index in [-0.39, 0.29) is 10.3 Å². The van der Waals surface area contributed by atoms with Crippen LogP contribution in [0.2, 0.25) is 0 Å². The van der Waals surface area contributed by atoms with Crippen LogP contribution < -0.4 is 10.5 Å². The van der Waals surface area contributed by atoms with Crippen molar-refractivity contribution < 1.29 is 23.6 Å². The summed E-state index contributed by atoms with van der Waals surface area (Å²) >= 11 is 0.617. The van der Waals surface area contributed by atoms with Gasteiger partial charge in [0.15, 0.2) is 19.9 Å². The third kappa shape index (κ3) is 3.96. The van der Waals surface area contributed by atoms with Crippen LogP contribution in [0.15, 0.2) is 14.6 Å². The molecule has 2 heterocycles. The number of nitrogens with zero attached hydrogens (tertiary/aromatic N) is 2. The number of aromatic nitrogens is 1. The molecule has 2 aliphatic rings. The molecule has 0 radical (unpaired) electrons. The van der Waals surface area contributed by atoms with Crippen molar-refractivity contribution in [2.45, 2.75) is 68.1 Å². The Morgan fingerprint density at radius 2 is 2.12 bits per heavy atom. The number of nitrogens with one attached hydrogen (secondary N) is 1. The number of halogens is 1. The molecule has 4 rings (SSSR count). The molecule has 0 bridgehead atoms. The summed E-state index contributed by atoms with van der Waals surface area (Å²) < 4.78 is 30.6. The highest BCUT2D eigenvalue weighted by Gasteiger charge is 2.36. The molecule has 2 unspecified atom stereocenters. The molecule has 174 valence electrons. The van der Waals surface area contributed by atoms with Crippen LogP contribution in [0.4, 0.5) is 14.9 Å². The molecule has 2 amide bonds. The molecule has 0 aromatic carbocycles. The van der Waals surface area contributed by atoms with Crippen molar-refractivity contribution in [2.24, 2.45) is 9.50 Å². The number of urea groups is 1. The fourth-order valence-corrected chi connectivity index (χ4v) is 6.70. The molecule has 2 aliphatic carbocycles. The van der Waals surface area contributed by atoms with Gasteiger partial charge < -0.3 is 15.5 Å². The zero-order valence-corrected chi connectivity index (χ0v) is 19.8. The Bertz CT molecular complexity index is 1230. The Balaban J connectivity index is 1.70. The molecule has 11 heteroatoms. The first-order valence-electron chi connectivity index (χ1n) is 10.4. The van der Waals surface area contributed by atoms with Crippen molar-refractivity contribution in [1.29, 1.82) is 0 Å². The molecule has 32 heavy (non-hydrogen) atoms. The summed E-state index contributed by atoms with van der Waals surface area (Å²) in [4.78, 5) is 17.7. The number of carbonyl (C=O) groups is 1. The lowest BCUT2D eigenvalue weighted by atomic mass is 9.90. The van der Waals surface area contributed by atoms with Crippen LogP contribution in [0.5, 0.6) is 0 Å². The first-order chi connectivity index (χ1) is 14.9. The molecule has 0 spiro atoms. The highest BCUT2D eigenvalue weighted by Crippen LogP contribution is 2.44. The van der Waals surface area contributed by atoms with Crippen molar-refractivity contribution in [3.8, 4) is 0 Å². The fraction of sp³-hybridized carbons (Fsp3) is 0.524. The van der Waals surface area contributed by atoms with Gasteiger partial charge in [0.2, 0.25) is 0 Å². The maximum absolute atomic E-state index is 14.5. The molecule has 8 nitrogen and oxygen atoms in total. The fourth-order valence-electron chi connectivity index (χ4n) is 4.32. The highest BCUT2D eigenvalue weighted by atomic mass is 32.2. The summed E-state index contributed by atoms with van der Waals surface area (Å²) in [6.07, 6.45) is 4.21. The SMILES string of the molecule is CC1(C)CCc2c1nc1c(c2NC(=O)N=S(N)(=O)c2sc(C(C)(O)CO)cc2F)CCC1. The van der Waals surface area contributed by atoms with Crippen LogP contribution in [0.3, 0.4) is 0 Å². The molecule has 0 fully saturated rings. The molecule has 0 saturated carbocycles. The van der Waals surface area contributed by atoms with Gasteiger partial charge in [-0.05, 0) is 56.2 Å². The van der Waals surface area contributed by atoms with Crippen molar-refractivity contribution in [1.82, 2.24) is 4.98 Å². The lowest BCUT2D eigenvalue weighted by Gasteiger charge is -2.20. The number of aliphatic hydroxyl groups is 2. The number of pyridine rings is 1. The number of aliphatic hydroxyl groups excluding tert-OH is 1. The van der Waals surface area contributed by atoms with E-state index in [9.17, 15) is 23.6 Å². The molecule has 5 N–H and O–H groups in total. The van der Waals surface area contributed by atoms with E-state index >= 15 is 0 Å². The van der Waals surface area contributed by atoms with E-state index in [2.05, 4.69) is 23.5 Å². The second kappa shape index (κ2) is 7.84. The quantitative estimate of drug-likeness (QED) is 0.530. The largest absolute Gasteiger partial charge is 0.393 e. The summed E-state index contributed by atoms with van der Waals surface area (Å²) in [5, 5.41) is 28.0. The van der Waals surface area contributed by atoms with Crippen LogP contribution in [0, 0.1) is 5.82 Å². The third-order valence-corrected chi connectivity index (χ3v) is 9.46. The lowest BCUT2D eigenvalue weighted by molar-refractivity contribution is 0.000654. The van der Waals surface area contributed by atoms with Gasteiger partial charge in [-0.15, -0.1) is 15.7 Å². The van der Waals surface area contributed by atoms with Crippen molar-refractivity contribution in [2.75, 3.05) is 11.9 Å². The van der Waals surface area contributed by atoms with Crippen molar-refractivity contribution >= 4 is 33.0 Å². The summed E-state index contributed by atoms with van der Waals surface area (Å²) in [6.45, 7) is 4.86. The first kappa shape index (κ1) is 23.2. The molecular formula is C21H27FN4O4S2. The van der Waals surface area contributed by atoms with Crippen LogP contribution in [0.25, 0.3) is 0 Å². The van der Waals surface area contributed by atoms with Gasteiger partial charge in [0.1, 0.15) is 5.60 Å². The number of hydrogen-bond acceptors (Lipinski definition) is 6. The van der Waals surface area contributed by atoms with E-state index in [1.165, 1.54) is 6.92 Å². The number of thiophene rings is 1. The number of aryl methyl sites for hydroxylation is 1. The number of anilines is 1. The number of hydrogen-bond donors (Lipinski definition) is 4. The van der Waals surface area contributed by atoms with E-state index in [4.69, 9.17) is 10.1 Å². The Labute approximate surface area is 190 Å². The van der Waals surface area contributed by atoms with Crippen LogP contribution in [-0.4, -0.2) is 32.0 Å². The number of nitrogens with two attached hydrogens (primary N) is 1. The Morgan fingerprint density at radius 3 is 2.81 bits per heavy atom. The number of fused-ring (bicyclic) bond motifs is 2. The smallest absolute Gasteiger partial charge is 0.354 e. The molecule has 2 aromatic heterocycles. The Kier molecular flexibility index (Phi) is 5.70. The second-order valence-corrected chi connectivity index (χ2v) is 12.3. The minimum Gasteiger partial charge on any atom is -0.393 e. The monoisotopic (exact) mass is 482 g/mol. The average molecular weight is 483 g/mol. The Hall–Kier alpha value is -1.92. The normalized spacial score (nSPS) is 20.2. The van der Waals surface area contributed by atoms with Crippen LogP contribution in [-0.2, 0) is 40.2 Å². The molecule has 0 saturated heterocycles. The molecule has 2 aromatic rings. The van der Waals surface area contributed by atoms with Gasteiger partial charge in [-0.2, -0.15) is 0 Å². The minimum atomic E-state index is -3.91. The average Bonchev–Trinajstić information content (AvgIpc) is 3.39. The molecule has 0 aliphatic heterocycles. The zero-order chi connectivity index (χ0) is 23.5. The minimum absolute atomic E-state index is 0.0355. The summed E-state index contributed by atoms with van der Waals surface area (Å²) in [5.74, 6) is -0.949. The summed E-state index contributed by atoms with van der Waals surface area (Å²) in [6, 6.07) is 0.0221. The van der Waals surface area contributed by atoms with Gasteiger partial charge in [0, 0.05) is 16.0 Å².